The van der Waals surface area contributed by atoms with Crippen molar-refractivity contribution in [1.82, 2.24) is 15.5 Å². The Morgan fingerprint density at radius 2 is 2.00 bits per heavy atom. The van der Waals surface area contributed by atoms with Gasteiger partial charge in [-0.3, -0.25) is 0 Å². The average molecular weight is 272 g/mol. The van der Waals surface area contributed by atoms with Crippen molar-refractivity contribution in [3.8, 4) is 0 Å². The maximum Gasteiger partial charge on any atom is 0.246 e. The van der Waals surface area contributed by atoms with Crippen molar-refractivity contribution in [2.24, 2.45) is 0 Å². The molecule has 1 unspecified atom stereocenters. The first-order valence-corrected chi connectivity index (χ1v) is 6.87. The first-order chi connectivity index (χ1) is 8.28. The normalized spacial score (nSPS) is 29.2. The van der Waals surface area contributed by atoms with E-state index >= 15 is 0 Å². The molecule has 3 rings (SSSR count). The van der Waals surface area contributed by atoms with E-state index in [1.807, 2.05) is 0 Å². The highest BCUT2D eigenvalue weighted by Gasteiger charge is 2.35. The number of nitrogens with one attached hydrogen (secondary N) is 1. The van der Waals surface area contributed by atoms with Gasteiger partial charge < -0.3 is 9.84 Å². The van der Waals surface area contributed by atoms with Crippen LogP contribution in [-0.4, -0.2) is 16.7 Å². The zero-order valence-corrected chi connectivity index (χ0v) is 11.8. The van der Waals surface area contributed by atoms with E-state index in [0.29, 0.717) is 5.92 Å². The Hall–Kier alpha value is -0.610. The van der Waals surface area contributed by atoms with Crippen LogP contribution in [0.1, 0.15) is 69.5 Å². The maximum absolute atomic E-state index is 5.50. The van der Waals surface area contributed by atoms with Gasteiger partial charge in [0.25, 0.3) is 0 Å². The van der Waals surface area contributed by atoms with Crippen LogP contribution in [0.25, 0.3) is 0 Å². The summed E-state index contributed by atoms with van der Waals surface area (Å²) in [5.41, 5.74) is -0.0951. The highest BCUT2D eigenvalue weighted by Crippen LogP contribution is 2.34. The van der Waals surface area contributed by atoms with Crippen molar-refractivity contribution < 1.29 is 4.52 Å². The van der Waals surface area contributed by atoms with Crippen LogP contribution in [0.4, 0.5) is 0 Å². The van der Waals surface area contributed by atoms with E-state index < -0.39 is 0 Å². The molecule has 0 bridgehead atoms. The van der Waals surface area contributed by atoms with Gasteiger partial charge in [-0.05, 0) is 45.6 Å². The van der Waals surface area contributed by atoms with Gasteiger partial charge >= 0.3 is 0 Å². The predicted molar refractivity (Wildman–Crippen MR) is 72.0 cm³/mol. The Morgan fingerprint density at radius 1 is 1.22 bits per heavy atom. The van der Waals surface area contributed by atoms with E-state index in [0.717, 1.165) is 24.7 Å². The van der Waals surface area contributed by atoms with Crippen molar-refractivity contribution in [3.05, 3.63) is 11.7 Å². The molecule has 1 aromatic rings. The fraction of sp³-hybridized carbons (Fsp3) is 0.846. The number of nitrogens with zero attached hydrogens (tertiary/aromatic N) is 2. The molecule has 2 heterocycles. The molecule has 5 heteroatoms. The third-order valence-corrected chi connectivity index (χ3v) is 4.25. The van der Waals surface area contributed by atoms with Crippen LogP contribution in [0, 0.1) is 0 Å². The lowest BCUT2D eigenvalue weighted by molar-refractivity contribution is 0.206. The molecule has 0 radical (unpaired) electrons. The third-order valence-electron chi connectivity index (χ3n) is 4.25. The van der Waals surface area contributed by atoms with Crippen LogP contribution in [0.2, 0.25) is 0 Å². The largest absolute Gasteiger partial charge is 0.337 e. The lowest BCUT2D eigenvalue weighted by Crippen LogP contribution is -2.43. The Bertz CT molecular complexity index is 381. The van der Waals surface area contributed by atoms with Gasteiger partial charge in [-0.25, -0.2) is 0 Å². The molecule has 1 atom stereocenters. The number of rotatable bonds is 2. The highest BCUT2D eigenvalue weighted by molar-refractivity contribution is 5.85. The Balaban J connectivity index is 0.00000120. The van der Waals surface area contributed by atoms with E-state index in [1.165, 1.54) is 38.5 Å². The Labute approximate surface area is 114 Å². The van der Waals surface area contributed by atoms with Gasteiger partial charge in [0.2, 0.25) is 5.89 Å². The number of hydrogen-bond acceptors (Lipinski definition) is 4. The highest BCUT2D eigenvalue weighted by atomic mass is 35.5. The van der Waals surface area contributed by atoms with Gasteiger partial charge in [-0.15, -0.1) is 12.4 Å². The molecule has 1 aliphatic carbocycles. The van der Waals surface area contributed by atoms with Crippen LogP contribution in [0.3, 0.4) is 0 Å². The second-order valence-corrected chi connectivity index (χ2v) is 5.66. The van der Waals surface area contributed by atoms with Crippen molar-refractivity contribution in [2.45, 2.75) is 63.3 Å². The molecule has 0 aromatic carbocycles. The topological polar surface area (TPSA) is 51.0 Å². The molecule has 102 valence electrons. The molecule has 4 nitrogen and oxygen atoms in total. The Morgan fingerprint density at radius 3 is 2.67 bits per heavy atom. The van der Waals surface area contributed by atoms with E-state index in [1.54, 1.807) is 0 Å². The van der Waals surface area contributed by atoms with E-state index in [9.17, 15) is 0 Å². The predicted octanol–water partition coefficient (Wildman–Crippen LogP) is 3.14. The van der Waals surface area contributed by atoms with Crippen LogP contribution < -0.4 is 5.32 Å². The summed E-state index contributed by atoms with van der Waals surface area (Å²) in [6, 6.07) is 0. The molecular weight excluding hydrogens is 250 g/mol. The van der Waals surface area contributed by atoms with Crippen LogP contribution in [-0.2, 0) is 5.54 Å². The van der Waals surface area contributed by atoms with Crippen molar-refractivity contribution in [3.63, 3.8) is 0 Å². The van der Waals surface area contributed by atoms with E-state index in [-0.39, 0.29) is 17.9 Å². The zero-order valence-electron chi connectivity index (χ0n) is 10.9. The summed E-state index contributed by atoms with van der Waals surface area (Å²) in [6.45, 7) is 3.23. The lowest BCUT2D eigenvalue weighted by Gasteiger charge is -2.31. The van der Waals surface area contributed by atoms with Gasteiger partial charge in [-0.2, -0.15) is 4.98 Å². The second kappa shape index (κ2) is 5.57. The number of hydrogen-bond donors (Lipinski definition) is 1. The molecular formula is C13H22ClN3O. The summed E-state index contributed by atoms with van der Waals surface area (Å²) < 4.78 is 5.50. The van der Waals surface area contributed by atoms with Crippen molar-refractivity contribution in [1.29, 1.82) is 0 Å². The maximum atomic E-state index is 5.50. The summed E-state index contributed by atoms with van der Waals surface area (Å²) in [7, 11) is 0. The molecule has 1 aromatic heterocycles. The van der Waals surface area contributed by atoms with Crippen LogP contribution in [0.15, 0.2) is 4.52 Å². The molecule has 2 fully saturated rings. The van der Waals surface area contributed by atoms with Gasteiger partial charge in [0.1, 0.15) is 0 Å². The van der Waals surface area contributed by atoms with E-state index in [2.05, 4.69) is 22.4 Å². The van der Waals surface area contributed by atoms with Crippen LogP contribution in [0.5, 0.6) is 0 Å². The fourth-order valence-corrected chi connectivity index (χ4v) is 3.05. The minimum absolute atomic E-state index is 0. The number of halogens is 1. The van der Waals surface area contributed by atoms with Gasteiger partial charge in [0.05, 0.1) is 5.54 Å². The molecule has 18 heavy (non-hydrogen) atoms. The first-order valence-electron chi connectivity index (χ1n) is 6.87. The van der Waals surface area contributed by atoms with Crippen molar-refractivity contribution in [2.75, 3.05) is 6.54 Å². The Kier molecular flexibility index (Phi) is 4.28. The molecule has 1 saturated heterocycles. The summed E-state index contributed by atoms with van der Waals surface area (Å²) in [5, 5.41) is 7.71. The lowest BCUT2D eigenvalue weighted by atomic mass is 9.91. The SMILES string of the molecule is CC1(c2nc(C3CCCC3)no2)CCCCN1.Cl. The summed E-state index contributed by atoms with van der Waals surface area (Å²) in [5.74, 6) is 2.27. The number of aromatic nitrogens is 2. The monoisotopic (exact) mass is 271 g/mol. The summed E-state index contributed by atoms with van der Waals surface area (Å²) in [6.07, 6.45) is 8.66. The minimum atomic E-state index is -0.0951. The molecule has 1 saturated carbocycles. The molecule has 1 aliphatic heterocycles. The minimum Gasteiger partial charge on any atom is -0.337 e. The van der Waals surface area contributed by atoms with Gasteiger partial charge in [0, 0.05) is 5.92 Å². The smallest absolute Gasteiger partial charge is 0.246 e. The van der Waals surface area contributed by atoms with Crippen LogP contribution >= 0.6 is 12.4 Å². The number of piperidine rings is 1. The molecule has 0 spiro atoms. The fourth-order valence-electron chi connectivity index (χ4n) is 3.05. The third kappa shape index (κ3) is 2.54. The summed E-state index contributed by atoms with van der Waals surface area (Å²) >= 11 is 0. The first kappa shape index (κ1) is 13.8. The molecule has 2 aliphatic rings. The quantitative estimate of drug-likeness (QED) is 0.898. The van der Waals surface area contributed by atoms with E-state index in [4.69, 9.17) is 4.52 Å². The van der Waals surface area contributed by atoms with Gasteiger partial charge in [-0.1, -0.05) is 18.0 Å². The molecule has 0 amide bonds. The summed E-state index contributed by atoms with van der Waals surface area (Å²) in [4.78, 5) is 4.65. The second-order valence-electron chi connectivity index (χ2n) is 5.66. The van der Waals surface area contributed by atoms with Gasteiger partial charge in [0.15, 0.2) is 5.82 Å². The zero-order chi connectivity index (χ0) is 11.7. The average Bonchev–Trinajstić information content (AvgIpc) is 3.01. The van der Waals surface area contributed by atoms with Crippen molar-refractivity contribution >= 4 is 12.4 Å². The standard InChI is InChI=1S/C13H21N3O.ClH/c1-13(8-4-5-9-14-13)12-15-11(16-17-12)10-6-2-3-7-10;/h10,14H,2-9H2,1H3;1H. The molecule has 1 N–H and O–H groups in total.